The average molecular weight is 371 g/mol. The summed E-state index contributed by atoms with van der Waals surface area (Å²) in [4.78, 5) is 14.1. The summed E-state index contributed by atoms with van der Waals surface area (Å²) in [6, 6.07) is 0. The molecular weight excluding hydrogens is 362 g/mol. The summed E-state index contributed by atoms with van der Waals surface area (Å²) in [5, 5.41) is 9.77. The van der Waals surface area contributed by atoms with Crippen LogP contribution in [-0.4, -0.2) is 42.2 Å². The third kappa shape index (κ3) is 2.27. The van der Waals surface area contributed by atoms with Crippen molar-refractivity contribution in [2.24, 2.45) is 0 Å². The van der Waals surface area contributed by atoms with E-state index in [1.54, 1.807) is 4.90 Å². The Morgan fingerprint density at radius 2 is 2.00 bits per heavy atom. The average Bonchev–Trinajstić information content (AvgIpc) is 2.57. The molecule has 2 heterocycles. The van der Waals surface area contributed by atoms with Gasteiger partial charge in [-0.05, 0) is 31.9 Å². The Morgan fingerprint density at radius 3 is 2.50 bits per heavy atom. The van der Waals surface area contributed by atoms with Crippen LogP contribution in [0.2, 0.25) is 0 Å². The standard InChI is InChI=1S/C9H9Br2NO3S/c10-5-6(13)7(16-8(5)11)9(14)12-1-3-15-4-2-12/h13H,1-4H2. The molecule has 1 amide bonds. The zero-order valence-electron chi connectivity index (χ0n) is 8.20. The number of hydrogen-bond acceptors (Lipinski definition) is 4. The van der Waals surface area contributed by atoms with Crippen LogP contribution in [0.25, 0.3) is 0 Å². The molecule has 1 aliphatic heterocycles. The molecule has 88 valence electrons. The minimum absolute atomic E-state index is 0.00775. The first kappa shape index (κ1) is 12.3. The summed E-state index contributed by atoms with van der Waals surface area (Å²) in [5.41, 5.74) is 0. The van der Waals surface area contributed by atoms with E-state index in [1.807, 2.05) is 0 Å². The van der Waals surface area contributed by atoms with Gasteiger partial charge in [-0.1, -0.05) is 0 Å². The molecule has 0 spiro atoms. The molecule has 1 saturated heterocycles. The van der Waals surface area contributed by atoms with Gasteiger partial charge in [-0.15, -0.1) is 11.3 Å². The highest BCUT2D eigenvalue weighted by Gasteiger charge is 2.25. The van der Waals surface area contributed by atoms with Gasteiger partial charge in [0.1, 0.15) is 4.88 Å². The van der Waals surface area contributed by atoms with Gasteiger partial charge in [0.2, 0.25) is 0 Å². The Kier molecular flexibility index (Phi) is 3.89. The van der Waals surface area contributed by atoms with Crippen LogP contribution in [-0.2, 0) is 4.74 Å². The van der Waals surface area contributed by atoms with E-state index in [1.165, 1.54) is 11.3 Å². The van der Waals surface area contributed by atoms with Crippen molar-refractivity contribution < 1.29 is 14.6 Å². The molecule has 16 heavy (non-hydrogen) atoms. The minimum atomic E-state index is -0.141. The number of amides is 1. The summed E-state index contributed by atoms with van der Waals surface area (Å²) in [6.07, 6.45) is 0. The topological polar surface area (TPSA) is 49.8 Å². The van der Waals surface area contributed by atoms with Gasteiger partial charge in [-0.25, -0.2) is 0 Å². The van der Waals surface area contributed by atoms with Crippen LogP contribution in [0.5, 0.6) is 5.75 Å². The molecule has 0 bridgehead atoms. The Bertz CT molecular complexity index is 415. The predicted molar refractivity (Wildman–Crippen MR) is 68.1 cm³/mol. The molecule has 2 rings (SSSR count). The molecular formula is C9H9Br2NO3S. The monoisotopic (exact) mass is 369 g/mol. The number of halogens is 2. The molecule has 0 aliphatic carbocycles. The second-order valence-electron chi connectivity index (χ2n) is 3.27. The molecule has 0 saturated carbocycles. The molecule has 1 N–H and O–H groups in total. The highest BCUT2D eigenvalue weighted by atomic mass is 79.9. The number of aromatic hydroxyl groups is 1. The summed E-state index contributed by atoms with van der Waals surface area (Å²) >= 11 is 7.72. The number of thiophene rings is 1. The first-order valence-electron chi connectivity index (χ1n) is 4.65. The lowest BCUT2D eigenvalue weighted by Gasteiger charge is -2.26. The van der Waals surface area contributed by atoms with E-state index in [0.717, 1.165) is 3.79 Å². The first-order chi connectivity index (χ1) is 7.61. The van der Waals surface area contributed by atoms with Crippen LogP contribution >= 0.6 is 43.2 Å². The van der Waals surface area contributed by atoms with Gasteiger partial charge < -0.3 is 14.7 Å². The molecule has 7 heteroatoms. The number of carbonyl (C=O) groups excluding carboxylic acids is 1. The van der Waals surface area contributed by atoms with Gasteiger partial charge in [0.15, 0.2) is 5.75 Å². The Balaban J connectivity index is 2.22. The number of nitrogens with zero attached hydrogens (tertiary/aromatic N) is 1. The van der Waals surface area contributed by atoms with Gasteiger partial charge in [0.05, 0.1) is 21.5 Å². The van der Waals surface area contributed by atoms with Crippen molar-refractivity contribution in [2.45, 2.75) is 0 Å². The normalized spacial score (nSPS) is 16.5. The van der Waals surface area contributed by atoms with Crippen LogP contribution in [0.1, 0.15) is 9.67 Å². The molecule has 1 aromatic heterocycles. The quantitative estimate of drug-likeness (QED) is 0.826. The van der Waals surface area contributed by atoms with Crippen LogP contribution in [0.15, 0.2) is 8.26 Å². The summed E-state index contributed by atoms with van der Waals surface area (Å²) in [7, 11) is 0. The van der Waals surface area contributed by atoms with E-state index in [9.17, 15) is 9.90 Å². The van der Waals surface area contributed by atoms with Crippen molar-refractivity contribution in [3.63, 3.8) is 0 Å². The summed E-state index contributed by atoms with van der Waals surface area (Å²) in [6.45, 7) is 2.26. The van der Waals surface area contributed by atoms with E-state index >= 15 is 0 Å². The first-order valence-corrected chi connectivity index (χ1v) is 7.05. The molecule has 1 fully saturated rings. The molecule has 0 atom stereocenters. The van der Waals surface area contributed by atoms with E-state index in [4.69, 9.17) is 4.74 Å². The molecule has 0 aromatic carbocycles. The second kappa shape index (κ2) is 5.03. The SMILES string of the molecule is O=C(c1sc(Br)c(Br)c1O)N1CCOCC1. The highest BCUT2D eigenvalue weighted by Crippen LogP contribution is 2.42. The van der Waals surface area contributed by atoms with Crippen LogP contribution in [0, 0.1) is 0 Å². The molecule has 4 nitrogen and oxygen atoms in total. The van der Waals surface area contributed by atoms with Crippen molar-refractivity contribution in [2.75, 3.05) is 26.3 Å². The fourth-order valence-corrected chi connectivity index (χ4v) is 3.46. The van der Waals surface area contributed by atoms with Gasteiger partial charge in [0.25, 0.3) is 5.91 Å². The minimum Gasteiger partial charge on any atom is -0.505 e. The molecule has 0 unspecified atom stereocenters. The largest absolute Gasteiger partial charge is 0.505 e. The summed E-state index contributed by atoms with van der Waals surface area (Å²) in [5.74, 6) is -0.134. The zero-order chi connectivity index (χ0) is 11.7. The zero-order valence-corrected chi connectivity index (χ0v) is 12.2. The van der Waals surface area contributed by atoms with Crippen molar-refractivity contribution >= 4 is 49.1 Å². The Labute approximate surface area is 113 Å². The van der Waals surface area contributed by atoms with E-state index < -0.39 is 0 Å². The molecule has 0 radical (unpaired) electrons. The number of hydrogen-bond donors (Lipinski definition) is 1. The lowest BCUT2D eigenvalue weighted by Crippen LogP contribution is -2.40. The Hall–Kier alpha value is -0.110. The predicted octanol–water partition coefficient (Wildman–Crippen LogP) is 2.45. The maximum Gasteiger partial charge on any atom is 0.267 e. The van der Waals surface area contributed by atoms with Crippen LogP contribution in [0.4, 0.5) is 0 Å². The lowest BCUT2D eigenvalue weighted by atomic mass is 10.3. The Morgan fingerprint density at radius 1 is 1.38 bits per heavy atom. The number of morpholine rings is 1. The number of carbonyl (C=O) groups is 1. The van der Waals surface area contributed by atoms with E-state index in [-0.39, 0.29) is 11.7 Å². The number of rotatable bonds is 1. The van der Waals surface area contributed by atoms with E-state index in [2.05, 4.69) is 31.9 Å². The van der Waals surface area contributed by atoms with Gasteiger partial charge in [-0.3, -0.25) is 4.79 Å². The second-order valence-corrected chi connectivity index (χ2v) is 6.40. The van der Waals surface area contributed by atoms with Gasteiger partial charge in [0, 0.05) is 13.1 Å². The van der Waals surface area contributed by atoms with Crippen LogP contribution in [0.3, 0.4) is 0 Å². The van der Waals surface area contributed by atoms with Gasteiger partial charge >= 0.3 is 0 Å². The highest BCUT2D eigenvalue weighted by molar-refractivity contribution is 9.13. The van der Waals surface area contributed by atoms with Crippen molar-refractivity contribution in [3.05, 3.63) is 13.1 Å². The number of ether oxygens (including phenoxy) is 1. The molecule has 1 aromatic rings. The fraction of sp³-hybridized carbons (Fsp3) is 0.444. The van der Waals surface area contributed by atoms with Crippen LogP contribution < -0.4 is 0 Å². The molecule has 1 aliphatic rings. The third-order valence-corrected chi connectivity index (χ3v) is 5.68. The van der Waals surface area contributed by atoms with Crippen molar-refractivity contribution in [1.29, 1.82) is 0 Å². The summed E-state index contributed by atoms with van der Waals surface area (Å²) < 4.78 is 6.43. The maximum atomic E-state index is 12.1. The lowest BCUT2D eigenvalue weighted by molar-refractivity contribution is 0.0304. The van der Waals surface area contributed by atoms with Crippen molar-refractivity contribution in [3.8, 4) is 5.75 Å². The maximum absolute atomic E-state index is 12.1. The van der Waals surface area contributed by atoms with Gasteiger partial charge in [-0.2, -0.15) is 0 Å². The van der Waals surface area contributed by atoms with Crippen molar-refractivity contribution in [1.82, 2.24) is 4.90 Å². The van der Waals surface area contributed by atoms with E-state index in [0.29, 0.717) is 35.7 Å². The fourth-order valence-electron chi connectivity index (χ4n) is 1.43. The third-order valence-electron chi connectivity index (χ3n) is 2.28. The smallest absolute Gasteiger partial charge is 0.267 e.